The zero-order chi connectivity index (χ0) is 16.4. The summed E-state index contributed by atoms with van der Waals surface area (Å²) in [5.41, 5.74) is 0.840. The molecule has 0 radical (unpaired) electrons. The fraction of sp³-hybridized carbons (Fsp3) is 0.600. The molecule has 0 N–H and O–H groups in total. The first-order valence-corrected chi connectivity index (χ1v) is 7.32. The maximum Gasteiger partial charge on any atom is 0.291 e. The summed E-state index contributed by atoms with van der Waals surface area (Å²) in [4.78, 5) is 10.9. The Labute approximate surface area is 133 Å². The Kier molecular flexibility index (Phi) is 4.88. The van der Waals surface area contributed by atoms with E-state index in [2.05, 4.69) is 0 Å². The lowest BCUT2D eigenvalue weighted by Gasteiger charge is -2.45. The van der Waals surface area contributed by atoms with Gasteiger partial charge in [0.05, 0.1) is 6.61 Å². The zero-order valence-corrected chi connectivity index (χ0v) is 12.9. The minimum atomic E-state index is -1.17. The summed E-state index contributed by atoms with van der Waals surface area (Å²) in [6, 6.07) is 8.22. The van der Waals surface area contributed by atoms with Crippen LogP contribution in [0, 0.1) is 10.1 Å². The molecule has 0 aromatic heterocycles. The molecule has 2 fully saturated rings. The number of ether oxygens (including phenoxy) is 5. The third kappa shape index (κ3) is 3.08. The molecule has 1 aromatic rings. The molecule has 0 amide bonds. The first kappa shape index (κ1) is 16.3. The topological polar surface area (TPSA) is 89.3 Å². The van der Waals surface area contributed by atoms with Crippen LogP contribution in [-0.2, 0) is 23.7 Å². The second kappa shape index (κ2) is 6.90. The third-order valence-electron chi connectivity index (χ3n) is 4.13. The summed E-state index contributed by atoms with van der Waals surface area (Å²) in [5.74, 6) is 0. The van der Waals surface area contributed by atoms with Crippen molar-refractivity contribution in [1.82, 2.24) is 0 Å². The molecular weight excluding hydrogens is 306 g/mol. The molecule has 3 rings (SSSR count). The molecule has 1 aromatic carbocycles. The van der Waals surface area contributed by atoms with E-state index in [9.17, 15) is 10.1 Å². The molecule has 23 heavy (non-hydrogen) atoms. The van der Waals surface area contributed by atoms with Crippen molar-refractivity contribution in [2.45, 2.75) is 36.9 Å². The Morgan fingerprint density at radius 2 is 1.91 bits per heavy atom. The molecule has 8 heteroatoms. The van der Waals surface area contributed by atoms with Crippen LogP contribution in [-0.4, -0.2) is 56.4 Å². The lowest BCUT2D eigenvalue weighted by atomic mass is 9.96. The van der Waals surface area contributed by atoms with Crippen LogP contribution < -0.4 is 0 Å². The van der Waals surface area contributed by atoms with Crippen molar-refractivity contribution >= 4 is 0 Å². The number of benzene rings is 1. The molecule has 126 valence electrons. The molecule has 2 saturated heterocycles. The van der Waals surface area contributed by atoms with E-state index in [1.807, 2.05) is 30.3 Å². The van der Waals surface area contributed by atoms with Crippen LogP contribution in [0.4, 0.5) is 0 Å². The van der Waals surface area contributed by atoms with Gasteiger partial charge in [-0.2, -0.15) is 0 Å². The Bertz CT molecular complexity index is 540. The van der Waals surface area contributed by atoms with E-state index >= 15 is 0 Å². The monoisotopic (exact) mass is 325 g/mol. The van der Waals surface area contributed by atoms with Crippen LogP contribution >= 0.6 is 0 Å². The van der Waals surface area contributed by atoms with Crippen LogP contribution in [0.3, 0.4) is 0 Å². The Balaban J connectivity index is 1.83. The van der Waals surface area contributed by atoms with E-state index in [1.54, 1.807) is 0 Å². The number of hydrogen-bond donors (Lipinski definition) is 0. The van der Waals surface area contributed by atoms with E-state index < -0.39 is 41.9 Å². The molecule has 2 aliphatic heterocycles. The fourth-order valence-corrected chi connectivity index (χ4v) is 3.03. The first-order chi connectivity index (χ1) is 11.2. The highest BCUT2D eigenvalue weighted by Gasteiger charge is 2.56. The molecule has 6 atom stereocenters. The van der Waals surface area contributed by atoms with Gasteiger partial charge in [-0.25, -0.2) is 0 Å². The molecule has 1 unspecified atom stereocenters. The summed E-state index contributed by atoms with van der Waals surface area (Å²) in [6.45, 7) is 0.244. The van der Waals surface area contributed by atoms with Gasteiger partial charge in [0.1, 0.15) is 12.2 Å². The molecule has 0 bridgehead atoms. The SMILES string of the molecule is CO[C@@H]1O[C@@H]2COC(c3ccccc3)O[C@H]2[C@H](OC)[C@H]1[N+](=O)[O-]. The number of nitro groups is 1. The van der Waals surface area contributed by atoms with Gasteiger partial charge in [-0.05, 0) is 0 Å². The van der Waals surface area contributed by atoms with E-state index in [-0.39, 0.29) is 6.61 Å². The van der Waals surface area contributed by atoms with Crippen LogP contribution in [0.25, 0.3) is 0 Å². The van der Waals surface area contributed by atoms with Crippen molar-refractivity contribution in [3.05, 3.63) is 46.0 Å². The van der Waals surface area contributed by atoms with Gasteiger partial charge in [-0.15, -0.1) is 0 Å². The minimum absolute atomic E-state index is 0.244. The van der Waals surface area contributed by atoms with Crippen molar-refractivity contribution in [3.8, 4) is 0 Å². The quantitative estimate of drug-likeness (QED) is 0.605. The number of nitrogens with zero attached hydrogens (tertiary/aromatic N) is 1. The summed E-state index contributed by atoms with van der Waals surface area (Å²) < 4.78 is 27.7. The number of methoxy groups -OCH3 is 2. The minimum Gasteiger partial charge on any atom is -0.371 e. The second-order valence-corrected chi connectivity index (χ2v) is 5.43. The lowest BCUT2D eigenvalue weighted by Crippen LogP contribution is -2.64. The smallest absolute Gasteiger partial charge is 0.291 e. The molecule has 0 saturated carbocycles. The third-order valence-corrected chi connectivity index (χ3v) is 4.13. The normalized spacial score (nSPS) is 37.1. The maximum atomic E-state index is 11.4. The highest BCUT2D eigenvalue weighted by Crippen LogP contribution is 2.35. The van der Waals surface area contributed by atoms with Gasteiger partial charge in [-0.1, -0.05) is 30.3 Å². The van der Waals surface area contributed by atoms with E-state index in [1.165, 1.54) is 14.2 Å². The van der Waals surface area contributed by atoms with Crippen LogP contribution in [0.5, 0.6) is 0 Å². The summed E-state index contributed by atoms with van der Waals surface area (Å²) >= 11 is 0. The zero-order valence-electron chi connectivity index (χ0n) is 12.9. The van der Waals surface area contributed by atoms with Crippen LogP contribution in [0.1, 0.15) is 11.9 Å². The van der Waals surface area contributed by atoms with Crippen molar-refractivity contribution < 1.29 is 28.6 Å². The average Bonchev–Trinajstić information content (AvgIpc) is 2.60. The highest BCUT2D eigenvalue weighted by atomic mass is 16.8. The molecule has 0 aliphatic carbocycles. The van der Waals surface area contributed by atoms with E-state index in [4.69, 9.17) is 23.7 Å². The van der Waals surface area contributed by atoms with Crippen molar-refractivity contribution in [3.63, 3.8) is 0 Å². The molecule has 2 aliphatic rings. The second-order valence-electron chi connectivity index (χ2n) is 5.43. The van der Waals surface area contributed by atoms with Gasteiger partial charge < -0.3 is 23.7 Å². The Morgan fingerprint density at radius 1 is 1.17 bits per heavy atom. The van der Waals surface area contributed by atoms with E-state index in [0.29, 0.717) is 0 Å². The van der Waals surface area contributed by atoms with Gasteiger partial charge >= 0.3 is 0 Å². The van der Waals surface area contributed by atoms with Crippen LogP contribution in [0.2, 0.25) is 0 Å². The molecule has 8 nitrogen and oxygen atoms in total. The highest BCUT2D eigenvalue weighted by molar-refractivity contribution is 5.16. The number of fused-ring (bicyclic) bond motifs is 1. The van der Waals surface area contributed by atoms with Crippen molar-refractivity contribution in [2.75, 3.05) is 20.8 Å². The lowest BCUT2D eigenvalue weighted by molar-refractivity contribution is -0.578. The largest absolute Gasteiger partial charge is 0.371 e. The maximum absolute atomic E-state index is 11.4. The first-order valence-electron chi connectivity index (χ1n) is 7.32. The predicted octanol–water partition coefficient (Wildman–Crippen LogP) is 1.13. The molecule has 0 spiro atoms. The predicted molar refractivity (Wildman–Crippen MR) is 77.3 cm³/mol. The summed E-state index contributed by atoms with van der Waals surface area (Å²) in [6.07, 6.45) is -3.49. The van der Waals surface area contributed by atoms with Crippen molar-refractivity contribution in [1.29, 1.82) is 0 Å². The number of hydrogen-bond acceptors (Lipinski definition) is 7. The Hall–Kier alpha value is -1.58. The van der Waals surface area contributed by atoms with Crippen LogP contribution in [0.15, 0.2) is 30.3 Å². The van der Waals surface area contributed by atoms with Gasteiger partial charge in [0, 0.05) is 24.7 Å². The standard InChI is InChI=1S/C15H19NO7/c1-19-13-11(16(17)18)15(20-2)22-10-8-21-14(23-12(10)13)9-6-4-3-5-7-9/h3-7,10-15H,8H2,1-2H3/t10-,11-,12-,13-,14?,15-/m1/s1. The van der Waals surface area contributed by atoms with Gasteiger partial charge in [-0.3, -0.25) is 10.1 Å². The van der Waals surface area contributed by atoms with Gasteiger partial charge in [0.2, 0.25) is 6.29 Å². The van der Waals surface area contributed by atoms with Crippen molar-refractivity contribution in [2.24, 2.45) is 0 Å². The molecular formula is C15H19NO7. The fourth-order valence-electron chi connectivity index (χ4n) is 3.03. The molecule has 2 heterocycles. The van der Waals surface area contributed by atoms with Gasteiger partial charge in [0.15, 0.2) is 12.4 Å². The Morgan fingerprint density at radius 3 is 2.52 bits per heavy atom. The summed E-state index contributed by atoms with van der Waals surface area (Å²) in [5, 5.41) is 11.4. The summed E-state index contributed by atoms with van der Waals surface area (Å²) in [7, 11) is 2.79. The number of rotatable bonds is 4. The van der Waals surface area contributed by atoms with E-state index in [0.717, 1.165) is 5.56 Å². The average molecular weight is 325 g/mol. The van der Waals surface area contributed by atoms with Gasteiger partial charge in [0.25, 0.3) is 6.04 Å².